The molecule has 2 heterocycles. The zero-order valence-corrected chi connectivity index (χ0v) is 18.5. The number of nitriles is 1. The first kappa shape index (κ1) is 22.5. The summed E-state index contributed by atoms with van der Waals surface area (Å²) in [6, 6.07) is 1.75. The molecule has 1 atom stereocenters. The maximum atomic E-state index is 12.7. The SMILES string of the molecule is CCOC(=O)c1c(NC(=O)Cn2c(=O)c(C#N)cn(CC)c2=O)sc2c1CC[C@@H](C)C2. The smallest absolute Gasteiger partial charge is 0.341 e. The van der Waals surface area contributed by atoms with E-state index in [-0.39, 0.29) is 18.7 Å². The van der Waals surface area contributed by atoms with E-state index in [1.807, 2.05) is 0 Å². The maximum Gasteiger partial charge on any atom is 0.341 e. The van der Waals surface area contributed by atoms with Gasteiger partial charge in [0.05, 0.1) is 12.2 Å². The lowest BCUT2D eigenvalue weighted by atomic mass is 9.88. The molecule has 1 aliphatic carbocycles. The van der Waals surface area contributed by atoms with E-state index in [2.05, 4.69) is 12.2 Å². The van der Waals surface area contributed by atoms with Gasteiger partial charge >= 0.3 is 11.7 Å². The molecular formula is C21H24N4O5S. The third-order valence-corrected chi connectivity index (χ3v) is 6.41. The van der Waals surface area contributed by atoms with E-state index in [4.69, 9.17) is 10.00 Å². The predicted octanol–water partition coefficient (Wildman–Crippen LogP) is 1.90. The van der Waals surface area contributed by atoms with Gasteiger partial charge in [-0.15, -0.1) is 11.3 Å². The molecule has 0 bridgehead atoms. The second-order valence-corrected chi connectivity index (χ2v) is 8.54. The molecular weight excluding hydrogens is 420 g/mol. The number of carbonyl (C=O) groups excluding carboxylic acids is 2. The van der Waals surface area contributed by atoms with Crippen LogP contribution in [0.3, 0.4) is 0 Å². The van der Waals surface area contributed by atoms with Gasteiger partial charge in [0, 0.05) is 17.6 Å². The molecule has 0 spiro atoms. The molecule has 10 heteroatoms. The molecule has 3 rings (SSSR count). The molecule has 1 N–H and O–H groups in total. The highest BCUT2D eigenvalue weighted by Gasteiger charge is 2.29. The number of nitrogens with zero attached hydrogens (tertiary/aromatic N) is 3. The molecule has 164 valence electrons. The third kappa shape index (κ3) is 4.46. The summed E-state index contributed by atoms with van der Waals surface area (Å²) < 4.78 is 7.12. The Hall–Kier alpha value is -3.19. The zero-order chi connectivity index (χ0) is 22.7. The second-order valence-electron chi connectivity index (χ2n) is 7.44. The van der Waals surface area contributed by atoms with Gasteiger partial charge in [-0.25, -0.2) is 14.2 Å². The molecule has 0 aliphatic heterocycles. The molecule has 0 radical (unpaired) electrons. The fourth-order valence-electron chi connectivity index (χ4n) is 3.66. The van der Waals surface area contributed by atoms with Crippen LogP contribution in [0.4, 0.5) is 5.00 Å². The number of rotatable bonds is 6. The highest BCUT2D eigenvalue weighted by atomic mass is 32.1. The number of ether oxygens (including phenoxy) is 1. The van der Waals surface area contributed by atoms with Gasteiger partial charge in [0.25, 0.3) is 5.56 Å². The molecule has 0 aromatic carbocycles. The number of aryl methyl sites for hydroxylation is 1. The Morgan fingerprint density at radius 1 is 1.35 bits per heavy atom. The van der Waals surface area contributed by atoms with Crippen molar-refractivity contribution in [2.75, 3.05) is 11.9 Å². The molecule has 2 aromatic rings. The van der Waals surface area contributed by atoms with Crippen molar-refractivity contribution in [3.05, 3.63) is 48.6 Å². The van der Waals surface area contributed by atoms with Crippen LogP contribution in [0.5, 0.6) is 0 Å². The fourth-order valence-corrected chi connectivity index (χ4v) is 5.08. The van der Waals surface area contributed by atoms with Crippen molar-refractivity contribution >= 4 is 28.2 Å². The minimum Gasteiger partial charge on any atom is -0.462 e. The van der Waals surface area contributed by atoms with Gasteiger partial charge in [0.1, 0.15) is 23.2 Å². The average molecular weight is 445 g/mol. The van der Waals surface area contributed by atoms with Crippen molar-refractivity contribution in [1.82, 2.24) is 9.13 Å². The van der Waals surface area contributed by atoms with E-state index in [9.17, 15) is 19.2 Å². The summed E-state index contributed by atoms with van der Waals surface area (Å²) in [4.78, 5) is 51.3. The van der Waals surface area contributed by atoms with Crippen LogP contribution < -0.4 is 16.6 Å². The van der Waals surface area contributed by atoms with Crippen LogP contribution in [0.2, 0.25) is 0 Å². The van der Waals surface area contributed by atoms with Crippen molar-refractivity contribution in [3.63, 3.8) is 0 Å². The summed E-state index contributed by atoms with van der Waals surface area (Å²) >= 11 is 1.33. The fraction of sp³-hybridized carbons (Fsp3) is 0.476. The molecule has 0 saturated carbocycles. The lowest BCUT2D eigenvalue weighted by Crippen LogP contribution is -2.43. The van der Waals surface area contributed by atoms with Crippen molar-refractivity contribution < 1.29 is 14.3 Å². The minimum absolute atomic E-state index is 0.208. The summed E-state index contributed by atoms with van der Waals surface area (Å²) in [6.45, 7) is 5.44. The van der Waals surface area contributed by atoms with Gasteiger partial charge in [0.2, 0.25) is 5.91 Å². The highest BCUT2D eigenvalue weighted by molar-refractivity contribution is 7.17. The monoisotopic (exact) mass is 444 g/mol. The number of carbonyl (C=O) groups is 2. The van der Waals surface area contributed by atoms with E-state index < -0.39 is 29.7 Å². The van der Waals surface area contributed by atoms with Gasteiger partial charge < -0.3 is 10.1 Å². The first-order valence-corrected chi connectivity index (χ1v) is 11.0. The predicted molar refractivity (Wildman–Crippen MR) is 115 cm³/mol. The Balaban J connectivity index is 1.95. The number of fused-ring (bicyclic) bond motifs is 1. The normalized spacial score (nSPS) is 15.1. The van der Waals surface area contributed by atoms with Crippen molar-refractivity contribution in [3.8, 4) is 6.07 Å². The van der Waals surface area contributed by atoms with E-state index in [1.165, 1.54) is 22.1 Å². The lowest BCUT2D eigenvalue weighted by molar-refractivity contribution is -0.116. The number of esters is 1. The number of hydrogen-bond donors (Lipinski definition) is 1. The molecule has 1 aliphatic rings. The van der Waals surface area contributed by atoms with E-state index in [0.29, 0.717) is 16.5 Å². The highest BCUT2D eigenvalue weighted by Crippen LogP contribution is 2.40. The van der Waals surface area contributed by atoms with E-state index >= 15 is 0 Å². The van der Waals surface area contributed by atoms with Crippen LogP contribution in [-0.4, -0.2) is 27.6 Å². The molecule has 1 amide bonds. The molecule has 0 fully saturated rings. The second kappa shape index (κ2) is 9.31. The van der Waals surface area contributed by atoms with Crippen LogP contribution in [0, 0.1) is 17.2 Å². The van der Waals surface area contributed by atoms with E-state index in [1.54, 1.807) is 19.9 Å². The van der Waals surface area contributed by atoms with Gasteiger partial charge in [-0.2, -0.15) is 5.26 Å². The quantitative estimate of drug-likeness (QED) is 0.679. The first-order valence-electron chi connectivity index (χ1n) is 10.2. The summed E-state index contributed by atoms with van der Waals surface area (Å²) in [7, 11) is 0. The summed E-state index contributed by atoms with van der Waals surface area (Å²) in [6.07, 6.45) is 3.66. The van der Waals surface area contributed by atoms with E-state index in [0.717, 1.165) is 34.3 Å². The largest absolute Gasteiger partial charge is 0.462 e. The van der Waals surface area contributed by atoms with Crippen LogP contribution in [0.15, 0.2) is 15.8 Å². The first-order chi connectivity index (χ1) is 14.8. The van der Waals surface area contributed by atoms with Crippen LogP contribution in [-0.2, 0) is 35.5 Å². The Morgan fingerprint density at radius 3 is 2.74 bits per heavy atom. The van der Waals surface area contributed by atoms with Gasteiger partial charge in [0.15, 0.2) is 0 Å². The van der Waals surface area contributed by atoms with Crippen LogP contribution >= 0.6 is 11.3 Å². The van der Waals surface area contributed by atoms with Crippen LogP contribution in [0.25, 0.3) is 0 Å². The number of anilines is 1. The van der Waals surface area contributed by atoms with Crippen molar-refractivity contribution in [1.29, 1.82) is 5.26 Å². The minimum atomic E-state index is -0.822. The standard InChI is InChI=1S/C21H24N4O5S/c1-4-24-10-13(9-22)19(27)25(21(24)29)11-16(26)23-18-17(20(28)30-5-2)14-7-6-12(3)8-15(14)31-18/h10,12H,4-8,11H2,1-3H3,(H,23,26)/t12-/m1/s1. The Labute approximate surface area is 182 Å². The molecule has 0 saturated heterocycles. The van der Waals surface area contributed by atoms with Gasteiger partial charge in [-0.1, -0.05) is 6.92 Å². The van der Waals surface area contributed by atoms with Crippen molar-refractivity contribution in [2.24, 2.45) is 5.92 Å². The molecule has 0 unspecified atom stereocenters. The number of thiophene rings is 1. The number of hydrogen-bond acceptors (Lipinski definition) is 7. The zero-order valence-electron chi connectivity index (χ0n) is 17.7. The molecule has 2 aromatic heterocycles. The number of amides is 1. The number of nitrogens with one attached hydrogen (secondary N) is 1. The van der Waals surface area contributed by atoms with Crippen LogP contribution in [0.1, 0.15) is 53.6 Å². The Kier molecular flexibility index (Phi) is 6.75. The third-order valence-electron chi connectivity index (χ3n) is 5.24. The summed E-state index contributed by atoms with van der Waals surface area (Å²) in [5.41, 5.74) is -0.467. The number of aromatic nitrogens is 2. The lowest BCUT2D eigenvalue weighted by Gasteiger charge is -2.18. The molecule has 31 heavy (non-hydrogen) atoms. The maximum absolute atomic E-state index is 12.7. The van der Waals surface area contributed by atoms with Crippen molar-refractivity contribution in [2.45, 2.75) is 53.1 Å². The van der Waals surface area contributed by atoms with Gasteiger partial charge in [-0.05, 0) is 44.6 Å². The average Bonchev–Trinajstić information content (AvgIpc) is 3.08. The Bertz CT molecular complexity index is 1180. The topological polar surface area (TPSA) is 123 Å². The summed E-state index contributed by atoms with van der Waals surface area (Å²) in [5.74, 6) is -0.652. The Morgan fingerprint density at radius 2 is 2.10 bits per heavy atom. The molecule has 9 nitrogen and oxygen atoms in total. The summed E-state index contributed by atoms with van der Waals surface area (Å²) in [5, 5.41) is 12.2. The van der Waals surface area contributed by atoms with Gasteiger partial charge in [-0.3, -0.25) is 14.2 Å².